The lowest BCUT2D eigenvalue weighted by Crippen LogP contribution is -2.35. The number of furan rings is 1. The topological polar surface area (TPSA) is 76.8 Å². The van der Waals surface area contributed by atoms with Crippen molar-refractivity contribution in [3.05, 3.63) is 23.3 Å². The summed E-state index contributed by atoms with van der Waals surface area (Å²) in [5.74, 6) is 0.691. The number of carbonyl (C=O) groups is 1. The molecule has 1 N–H and O–H groups in total. The van der Waals surface area contributed by atoms with E-state index in [9.17, 15) is 4.79 Å². The Morgan fingerprint density at radius 3 is 2.80 bits per heavy atom. The van der Waals surface area contributed by atoms with Crippen molar-refractivity contribution in [1.82, 2.24) is 9.88 Å². The molecule has 1 saturated heterocycles. The smallest absolute Gasteiger partial charge is 0.413 e. The fourth-order valence-electron chi connectivity index (χ4n) is 2.47. The van der Waals surface area contributed by atoms with Crippen molar-refractivity contribution >= 4 is 22.6 Å². The predicted molar refractivity (Wildman–Crippen MR) is 95.8 cm³/mol. The molecule has 1 aliphatic rings. The van der Waals surface area contributed by atoms with Gasteiger partial charge in [0.2, 0.25) is 0 Å². The van der Waals surface area contributed by atoms with E-state index >= 15 is 0 Å². The number of hydrogen-bond acceptors (Lipinski definition) is 7. The molecule has 0 aromatic carbocycles. The van der Waals surface area contributed by atoms with Gasteiger partial charge in [-0.3, -0.25) is 10.2 Å². The highest BCUT2D eigenvalue weighted by molar-refractivity contribution is 7.16. The highest BCUT2D eigenvalue weighted by Crippen LogP contribution is 2.33. The van der Waals surface area contributed by atoms with Crippen LogP contribution < -0.4 is 5.32 Å². The Kier molecular flexibility index (Phi) is 5.41. The monoisotopic (exact) mass is 365 g/mol. The maximum atomic E-state index is 12.0. The summed E-state index contributed by atoms with van der Waals surface area (Å²) in [6.45, 7) is 9.45. The molecule has 3 rings (SSSR count). The van der Waals surface area contributed by atoms with Crippen LogP contribution in [0.5, 0.6) is 0 Å². The van der Waals surface area contributed by atoms with Gasteiger partial charge in [-0.25, -0.2) is 9.78 Å². The summed E-state index contributed by atoms with van der Waals surface area (Å²) in [5, 5.41) is 3.22. The number of rotatable bonds is 4. The number of thiazole rings is 1. The SMILES string of the molecule is CC(C)(C)OC(=O)Nc1nc(-c2ccco2)c(CN2CCOCC2)s1. The van der Waals surface area contributed by atoms with Gasteiger partial charge >= 0.3 is 6.09 Å². The standard InChI is InChI=1S/C17H23N3O4S/c1-17(2,3)24-16(21)19-15-18-14(12-5-4-8-23-12)13(25-15)11-20-6-9-22-10-7-20/h4-5,8H,6-7,9-11H2,1-3H3,(H,18,19,21). The van der Waals surface area contributed by atoms with Gasteiger partial charge in [-0.05, 0) is 32.9 Å². The molecule has 0 radical (unpaired) electrons. The Morgan fingerprint density at radius 2 is 2.16 bits per heavy atom. The molecule has 1 amide bonds. The van der Waals surface area contributed by atoms with Crippen LogP contribution in [0.3, 0.4) is 0 Å². The molecule has 2 aromatic heterocycles. The van der Waals surface area contributed by atoms with Crippen molar-refractivity contribution < 1.29 is 18.7 Å². The summed E-state index contributed by atoms with van der Waals surface area (Å²) in [4.78, 5) is 19.9. The van der Waals surface area contributed by atoms with E-state index in [1.165, 1.54) is 11.3 Å². The number of carbonyl (C=O) groups excluding carboxylic acids is 1. The first kappa shape index (κ1) is 17.9. The Bertz CT molecular complexity index is 700. The van der Waals surface area contributed by atoms with Crippen LogP contribution in [0.4, 0.5) is 9.93 Å². The van der Waals surface area contributed by atoms with Crippen LogP contribution in [0.15, 0.2) is 22.8 Å². The second-order valence-electron chi connectivity index (χ2n) is 6.78. The number of amides is 1. The Morgan fingerprint density at radius 1 is 1.40 bits per heavy atom. The number of anilines is 1. The Balaban J connectivity index is 1.78. The first-order valence-corrected chi connectivity index (χ1v) is 9.06. The van der Waals surface area contributed by atoms with Gasteiger partial charge in [-0.1, -0.05) is 11.3 Å². The van der Waals surface area contributed by atoms with Crippen molar-refractivity contribution in [3.63, 3.8) is 0 Å². The van der Waals surface area contributed by atoms with Crippen molar-refractivity contribution in [2.24, 2.45) is 0 Å². The van der Waals surface area contributed by atoms with E-state index in [1.807, 2.05) is 32.9 Å². The minimum Gasteiger partial charge on any atom is -0.463 e. The third-order valence-electron chi connectivity index (χ3n) is 3.53. The maximum Gasteiger partial charge on any atom is 0.413 e. The van der Waals surface area contributed by atoms with E-state index in [0.29, 0.717) is 10.9 Å². The molecule has 8 heteroatoms. The normalized spacial score (nSPS) is 16.0. The summed E-state index contributed by atoms with van der Waals surface area (Å²) >= 11 is 1.44. The highest BCUT2D eigenvalue weighted by atomic mass is 32.1. The molecule has 136 valence electrons. The number of aromatic nitrogens is 1. The van der Waals surface area contributed by atoms with Gasteiger partial charge in [-0.15, -0.1) is 0 Å². The molecule has 0 spiro atoms. The lowest BCUT2D eigenvalue weighted by molar-refractivity contribution is 0.0346. The zero-order chi connectivity index (χ0) is 17.9. The molecule has 0 saturated carbocycles. The first-order valence-electron chi connectivity index (χ1n) is 8.24. The lowest BCUT2D eigenvalue weighted by atomic mass is 10.2. The van der Waals surface area contributed by atoms with E-state index in [-0.39, 0.29) is 0 Å². The van der Waals surface area contributed by atoms with Crippen molar-refractivity contribution in [2.75, 3.05) is 31.6 Å². The van der Waals surface area contributed by atoms with Crippen molar-refractivity contribution in [3.8, 4) is 11.5 Å². The first-order chi connectivity index (χ1) is 11.9. The molecule has 7 nitrogen and oxygen atoms in total. The minimum absolute atomic E-state index is 0.504. The van der Waals surface area contributed by atoms with E-state index in [4.69, 9.17) is 13.9 Å². The lowest BCUT2D eigenvalue weighted by Gasteiger charge is -2.26. The van der Waals surface area contributed by atoms with Crippen LogP contribution in [-0.4, -0.2) is 47.9 Å². The van der Waals surface area contributed by atoms with Gasteiger partial charge in [-0.2, -0.15) is 0 Å². The van der Waals surface area contributed by atoms with Crippen LogP contribution in [0, 0.1) is 0 Å². The van der Waals surface area contributed by atoms with E-state index in [1.54, 1.807) is 6.26 Å². The quantitative estimate of drug-likeness (QED) is 0.892. The van der Waals surface area contributed by atoms with Gasteiger partial charge in [0.25, 0.3) is 0 Å². The third-order valence-corrected chi connectivity index (χ3v) is 4.49. The summed E-state index contributed by atoms with van der Waals surface area (Å²) < 4.78 is 16.2. The molecule has 0 bridgehead atoms. The summed E-state index contributed by atoms with van der Waals surface area (Å²) in [6, 6.07) is 3.70. The zero-order valence-corrected chi connectivity index (χ0v) is 15.5. The molecule has 0 unspecified atom stereocenters. The van der Waals surface area contributed by atoms with Gasteiger partial charge in [0.15, 0.2) is 10.9 Å². The Hall–Kier alpha value is -1.90. The fourth-order valence-corrected chi connectivity index (χ4v) is 3.47. The molecule has 1 aliphatic heterocycles. The summed E-state index contributed by atoms with van der Waals surface area (Å²) in [5.41, 5.74) is 0.203. The second kappa shape index (κ2) is 7.55. The third kappa shape index (κ3) is 5.04. The molecular formula is C17H23N3O4S. The molecule has 0 aliphatic carbocycles. The number of nitrogens with zero attached hydrogens (tertiary/aromatic N) is 2. The number of hydrogen-bond donors (Lipinski definition) is 1. The molecule has 25 heavy (non-hydrogen) atoms. The van der Waals surface area contributed by atoms with Crippen LogP contribution in [-0.2, 0) is 16.0 Å². The van der Waals surface area contributed by atoms with Crippen molar-refractivity contribution in [2.45, 2.75) is 32.9 Å². The van der Waals surface area contributed by atoms with Gasteiger partial charge in [0.1, 0.15) is 11.3 Å². The summed E-state index contributed by atoms with van der Waals surface area (Å²) in [7, 11) is 0. The van der Waals surface area contributed by atoms with E-state index < -0.39 is 11.7 Å². The van der Waals surface area contributed by atoms with Gasteiger partial charge in [0, 0.05) is 19.6 Å². The van der Waals surface area contributed by atoms with Crippen LogP contribution in [0.25, 0.3) is 11.5 Å². The zero-order valence-electron chi connectivity index (χ0n) is 14.7. The average Bonchev–Trinajstić information content (AvgIpc) is 3.16. The molecular weight excluding hydrogens is 342 g/mol. The number of nitrogens with one attached hydrogen (secondary N) is 1. The fraction of sp³-hybridized carbons (Fsp3) is 0.529. The predicted octanol–water partition coefficient (Wildman–Crippen LogP) is 3.58. The number of ether oxygens (including phenoxy) is 2. The maximum absolute atomic E-state index is 12.0. The largest absolute Gasteiger partial charge is 0.463 e. The van der Waals surface area contributed by atoms with Gasteiger partial charge < -0.3 is 13.9 Å². The van der Waals surface area contributed by atoms with Crippen LogP contribution in [0.2, 0.25) is 0 Å². The van der Waals surface area contributed by atoms with Crippen molar-refractivity contribution in [1.29, 1.82) is 0 Å². The average molecular weight is 365 g/mol. The molecule has 3 heterocycles. The second-order valence-corrected chi connectivity index (χ2v) is 7.87. The molecule has 2 aromatic rings. The number of morpholine rings is 1. The van der Waals surface area contributed by atoms with E-state index in [2.05, 4.69) is 15.2 Å². The van der Waals surface area contributed by atoms with E-state index in [0.717, 1.165) is 43.4 Å². The Labute approximate surface area is 150 Å². The highest BCUT2D eigenvalue weighted by Gasteiger charge is 2.22. The molecule has 1 fully saturated rings. The van der Waals surface area contributed by atoms with Crippen LogP contribution in [0.1, 0.15) is 25.6 Å². The van der Waals surface area contributed by atoms with Gasteiger partial charge in [0.05, 0.1) is 24.4 Å². The minimum atomic E-state index is -0.554. The van der Waals surface area contributed by atoms with Crippen LogP contribution >= 0.6 is 11.3 Å². The molecule has 0 atom stereocenters. The summed E-state index contributed by atoms with van der Waals surface area (Å²) in [6.07, 6.45) is 1.11.